The zero-order valence-electron chi connectivity index (χ0n) is 27.8. The number of methoxy groups -OCH3 is 1. The van der Waals surface area contributed by atoms with Crippen LogP contribution in [-0.2, 0) is 23.6 Å². The van der Waals surface area contributed by atoms with Crippen molar-refractivity contribution in [3.8, 4) is 11.5 Å². The number of aliphatic hydroxyl groups is 1. The molecule has 1 atom stereocenters. The molecule has 15 heteroatoms. The van der Waals surface area contributed by atoms with Gasteiger partial charge >= 0.3 is 0 Å². The van der Waals surface area contributed by atoms with Crippen LogP contribution in [0.5, 0.6) is 11.5 Å². The van der Waals surface area contributed by atoms with E-state index >= 15 is 0 Å². The molecule has 1 saturated heterocycles. The van der Waals surface area contributed by atoms with Gasteiger partial charge in [-0.2, -0.15) is 0 Å². The number of aryl methyl sites for hydroxylation is 2. The number of nitrogens with zero attached hydrogens (tertiary/aromatic N) is 4. The second-order valence-corrected chi connectivity index (χ2v) is 11.7. The second-order valence-electron chi connectivity index (χ2n) is 11.7. The van der Waals surface area contributed by atoms with Gasteiger partial charge in [0.15, 0.2) is 11.5 Å². The van der Waals surface area contributed by atoms with Crippen molar-refractivity contribution in [2.24, 2.45) is 19.1 Å². The molecular formula is C34H41N7O8. The number of carbonyl (C=O) groups is 4. The fraction of sp³-hybridized carbons (Fsp3) is 0.382. The van der Waals surface area contributed by atoms with Crippen molar-refractivity contribution in [1.82, 2.24) is 19.4 Å². The maximum Gasteiger partial charge on any atom is 0.272 e. The molecule has 2 aromatic heterocycles. The van der Waals surface area contributed by atoms with Crippen LogP contribution >= 0.6 is 0 Å². The van der Waals surface area contributed by atoms with Crippen molar-refractivity contribution in [2.45, 2.75) is 25.3 Å². The Balaban J connectivity index is 1.10. The van der Waals surface area contributed by atoms with E-state index in [-0.39, 0.29) is 63.2 Å². The summed E-state index contributed by atoms with van der Waals surface area (Å²) in [5.74, 6) is -0.321. The van der Waals surface area contributed by atoms with Gasteiger partial charge in [-0.3, -0.25) is 24.2 Å². The molecule has 4 N–H and O–H groups in total. The average molecular weight is 676 g/mol. The van der Waals surface area contributed by atoms with Crippen molar-refractivity contribution >= 4 is 46.9 Å². The van der Waals surface area contributed by atoms with Gasteiger partial charge in [-0.25, -0.2) is 0 Å². The molecule has 4 amide bonds. The first kappa shape index (κ1) is 34.9. The number of benzene rings is 1. The Morgan fingerprint density at radius 3 is 2.41 bits per heavy atom. The molecule has 3 aromatic rings. The number of rotatable bonds is 15. The molecule has 49 heavy (non-hydrogen) atoms. The molecule has 2 aliphatic heterocycles. The average Bonchev–Trinajstić information content (AvgIpc) is 3.74. The standard InChI is InChI=1S/C34H41N7O8/c1-21-12-24-17-36-26-16-30(29(47-4)15-25(26)34(46)41(24)18-21)49-9-5-6-31(43)37-22-13-28(40(3)19-22)33(45)38-23-14-27(39(2)20-23)32(44)35-7-10-48-11-8-42/h13-17,19-20,24,42H,1,5-12,18H2,2-4H3,(H,35,44)(H,37,43)(H,38,45)/t24-/m0/s1. The third-order valence-electron chi connectivity index (χ3n) is 8.04. The maximum atomic E-state index is 13.2. The van der Waals surface area contributed by atoms with Gasteiger partial charge in [0.05, 0.1) is 62.2 Å². The van der Waals surface area contributed by atoms with Crippen LogP contribution in [0.1, 0.15) is 50.6 Å². The van der Waals surface area contributed by atoms with Crippen molar-refractivity contribution in [3.05, 3.63) is 65.8 Å². The van der Waals surface area contributed by atoms with E-state index in [1.165, 1.54) is 7.11 Å². The van der Waals surface area contributed by atoms with Gasteiger partial charge in [0, 0.05) is 58.3 Å². The van der Waals surface area contributed by atoms with E-state index in [0.717, 1.165) is 5.57 Å². The second kappa shape index (κ2) is 15.7. The van der Waals surface area contributed by atoms with E-state index in [4.69, 9.17) is 19.3 Å². The molecular weight excluding hydrogens is 634 g/mol. The number of aliphatic imine (C=N–C) groups is 1. The van der Waals surface area contributed by atoms with Crippen LogP contribution in [-0.4, -0.2) is 102 Å². The van der Waals surface area contributed by atoms with E-state index in [2.05, 4.69) is 27.5 Å². The SMILES string of the molecule is C=C1C[C@H]2C=Nc3cc(OCCCC(=O)Nc4cc(C(=O)Nc5cc(C(=O)NCCOCCO)n(C)c5)n(C)c4)c(OC)cc3C(=O)N2C1. The number of nitrogens with one attached hydrogen (secondary N) is 3. The van der Waals surface area contributed by atoms with E-state index in [9.17, 15) is 19.2 Å². The molecule has 5 rings (SSSR count). The summed E-state index contributed by atoms with van der Waals surface area (Å²) in [5, 5.41) is 17.1. The molecule has 2 aliphatic rings. The Hall–Kier alpha value is -5.41. The molecule has 260 valence electrons. The Kier molecular flexibility index (Phi) is 11.2. The maximum absolute atomic E-state index is 13.2. The first-order valence-electron chi connectivity index (χ1n) is 15.8. The van der Waals surface area contributed by atoms with Crippen LogP contribution in [0.3, 0.4) is 0 Å². The number of hydrogen-bond donors (Lipinski definition) is 4. The predicted octanol–water partition coefficient (Wildman–Crippen LogP) is 2.65. The summed E-state index contributed by atoms with van der Waals surface area (Å²) in [6.07, 6.45) is 6.26. The summed E-state index contributed by atoms with van der Waals surface area (Å²) in [5.41, 5.74) is 3.45. The van der Waals surface area contributed by atoms with Crippen LogP contribution in [0, 0.1) is 0 Å². The highest BCUT2D eigenvalue weighted by Gasteiger charge is 2.34. The zero-order chi connectivity index (χ0) is 35.1. The van der Waals surface area contributed by atoms with E-state index < -0.39 is 5.91 Å². The Labute approximate surface area is 283 Å². The Morgan fingerprint density at radius 2 is 1.69 bits per heavy atom. The minimum atomic E-state index is -0.419. The van der Waals surface area contributed by atoms with Crippen LogP contribution in [0.4, 0.5) is 17.1 Å². The number of aromatic nitrogens is 2. The van der Waals surface area contributed by atoms with Gasteiger partial charge < -0.3 is 49.3 Å². The molecule has 4 heterocycles. The monoisotopic (exact) mass is 675 g/mol. The Bertz CT molecular complexity index is 1780. The quantitative estimate of drug-likeness (QED) is 0.140. The van der Waals surface area contributed by atoms with Crippen molar-refractivity contribution < 1.29 is 38.5 Å². The van der Waals surface area contributed by atoms with Crippen molar-refractivity contribution in [2.75, 3.05) is 57.3 Å². The smallest absolute Gasteiger partial charge is 0.272 e. The van der Waals surface area contributed by atoms with E-state index in [1.54, 1.807) is 71.0 Å². The lowest BCUT2D eigenvalue weighted by Gasteiger charge is -2.20. The molecule has 0 bridgehead atoms. The molecule has 0 spiro atoms. The molecule has 0 unspecified atom stereocenters. The highest BCUT2D eigenvalue weighted by atomic mass is 16.5. The first-order valence-corrected chi connectivity index (χ1v) is 15.8. The number of anilines is 2. The lowest BCUT2D eigenvalue weighted by molar-refractivity contribution is -0.116. The highest BCUT2D eigenvalue weighted by molar-refractivity contribution is 6.06. The highest BCUT2D eigenvalue weighted by Crippen LogP contribution is 2.38. The van der Waals surface area contributed by atoms with Crippen LogP contribution in [0.2, 0.25) is 0 Å². The van der Waals surface area contributed by atoms with Crippen LogP contribution in [0.15, 0.2) is 53.8 Å². The predicted molar refractivity (Wildman–Crippen MR) is 182 cm³/mol. The van der Waals surface area contributed by atoms with Gasteiger partial charge in [0.25, 0.3) is 17.7 Å². The van der Waals surface area contributed by atoms with Crippen LogP contribution < -0.4 is 25.4 Å². The molecule has 1 aromatic carbocycles. The minimum Gasteiger partial charge on any atom is -0.493 e. The van der Waals surface area contributed by atoms with E-state index in [1.807, 2.05) is 0 Å². The van der Waals surface area contributed by atoms with Gasteiger partial charge in [0.2, 0.25) is 5.91 Å². The lowest BCUT2D eigenvalue weighted by Crippen LogP contribution is -2.35. The first-order chi connectivity index (χ1) is 23.6. The fourth-order valence-electron chi connectivity index (χ4n) is 5.65. The minimum absolute atomic E-state index is 0.0907. The van der Waals surface area contributed by atoms with Gasteiger partial charge in [-0.05, 0) is 31.0 Å². The van der Waals surface area contributed by atoms with Gasteiger partial charge in [0.1, 0.15) is 11.4 Å². The molecule has 1 fully saturated rings. The summed E-state index contributed by atoms with van der Waals surface area (Å²) >= 11 is 0. The summed E-state index contributed by atoms with van der Waals surface area (Å²) in [4.78, 5) is 57.7. The number of hydrogen-bond acceptors (Lipinski definition) is 9. The number of aliphatic hydroxyl groups excluding tert-OH is 1. The third-order valence-corrected chi connectivity index (χ3v) is 8.04. The summed E-state index contributed by atoms with van der Waals surface area (Å²) in [7, 11) is 4.88. The number of fused-ring (bicyclic) bond motifs is 2. The van der Waals surface area contributed by atoms with E-state index in [0.29, 0.717) is 64.9 Å². The lowest BCUT2D eigenvalue weighted by atomic mass is 10.1. The summed E-state index contributed by atoms with van der Waals surface area (Å²) < 4.78 is 19.8. The van der Waals surface area contributed by atoms with Crippen LogP contribution in [0.25, 0.3) is 0 Å². The topological polar surface area (TPSA) is 178 Å². The van der Waals surface area contributed by atoms with Crippen molar-refractivity contribution in [3.63, 3.8) is 0 Å². The molecule has 0 radical (unpaired) electrons. The third kappa shape index (κ3) is 8.36. The van der Waals surface area contributed by atoms with Gasteiger partial charge in [-0.15, -0.1) is 0 Å². The summed E-state index contributed by atoms with van der Waals surface area (Å²) in [6, 6.07) is 6.32. The Morgan fingerprint density at radius 1 is 0.980 bits per heavy atom. The van der Waals surface area contributed by atoms with Gasteiger partial charge in [-0.1, -0.05) is 12.2 Å². The normalized spacial score (nSPS) is 15.0. The van der Waals surface area contributed by atoms with Crippen molar-refractivity contribution in [1.29, 1.82) is 0 Å². The largest absolute Gasteiger partial charge is 0.493 e. The molecule has 15 nitrogen and oxygen atoms in total. The number of ether oxygens (including phenoxy) is 3. The zero-order valence-corrected chi connectivity index (χ0v) is 27.8. The number of carbonyl (C=O) groups excluding carboxylic acids is 4. The fourth-order valence-corrected chi connectivity index (χ4v) is 5.65. The number of amides is 4. The summed E-state index contributed by atoms with van der Waals surface area (Å²) in [6.45, 7) is 5.36. The molecule has 0 saturated carbocycles. The molecule has 0 aliphatic carbocycles.